The molecule has 1 aromatic heterocycles. The molecule has 1 aliphatic rings. The first-order chi connectivity index (χ1) is 10.5. The van der Waals surface area contributed by atoms with Gasteiger partial charge < -0.3 is 14.9 Å². The molecule has 0 aliphatic carbocycles. The molecule has 1 aliphatic heterocycles. The van der Waals surface area contributed by atoms with Gasteiger partial charge in [-0.25, -0.2) is 0 Å². The summed E-state index contributed by atoms with van der Waals surface area (Å²) in [5.41, 5.74) is 0.852. The molecule has 1 unspecified atom stereocenters. The van der Waals surface area contributed by atoms with E-state index in [1.807, 2.05) is 13.8 Å². The van der Waals surface area contributed by atoms with Crippen LogP contribution in [0.15, 0.2) is 24.5 Å². The van der Waals surface area contributed by atoms with E-state index in [9.17, 15) is 14.7 Å². The standard InChI is InChI=1S/C16H23N3O3/c1-12(2)8-18-9-14(20)10-19(11-16(18)22)15(21)7-13-3-5-17-6-4-13/h3-6,12,14,20H,7-11H2,1-2H3. The zero-order valence-corrected chi connectivity index (χ0v) is 13.1. The number of amides is 2. The molecule has 22 heavy (non-hydrogen) atoms. The fraction of sp³-hybridized carbons (Fsp3) is 0.562. The molecule has 1 N–H and O–H groups in total. The Hall–Kier alpha value is -1.95. The maximum absolute atomic E-state index is 12.4. The predicted molar refractivity (Wildman–Crippen MR) is 81.9 cm³/mol. The molecule has 0 aromatic carbocycles. The Kier molecular flexibility index (Phi) is 5.49. The molecule has 2 heterocycles. The van der Waals surface area contributed by atoms with E-state index < -0.39 is 6.10 Å². The number of aliphatic hydroxyl groups is 1. The van der Waals surface area contributed by atoms with Gasteiger partial charge in [0.25, 0.3) is 0 Å². The van der Waals surface area contributed by atoms with Gasteiger partial charge in [-0.15, -0.1) is 0 Å². The van der Waals surface area contributed by atoms with Crippen LogP contribution >= 0.6 is 0 Å². The third kappa shape index (κ3) is 4.53. The van der Waals surface area contributed by atoms with Gasteiger partial charge in [0.05, 0.1) is 19.1 Å². The Labute approximate surface area is 130 Å². The molecular formula is C16H23N3O3. The van der Waals surface area contributed by atoms with Gasteiger partial charge in [-0.05, 0) is 23.6 Å². The third-order valence-electron chi connectivity index (χ3n) is 3.58. The molecule has 120 valence electrons. The van der Waals surface area contributed by atoms with E-state index in [1.165, 1.54) is 4.90 Å². The monoisotopic (exact) mass is 305 g/mol. The predicted octanol–water partition coefficient (Wildman–Crippen LogP) is 0.312. The van der Waals surface area contributed by atoms with Gasteiger partial charge in [-0.1, -0.05) is 13.8 Å². The Morgan fingerprint density at radius 1 is 1.36 bits per heavy atom. The van der Waals surface area contributed by atoms with E-state index >= 15 is 0 Å². The number of hydrogen-bond donors (Lipinski definition) is 1. The van der Waals surface area contributed by atoms with Gasteiger partial charge in [-0.3, -0.25) is 14.6 Å². The van der Waals surface area contributed by atoms with Crippen molar-refractivity contribution in [3.63, 3.8) is 0 Å². The summed E-state index contributed by atoms with van der Waals surface area (Å²) in [7, 11) is 0. The molecule has 6 heteroatoms. The first-order valence-corrected chi connectivity index (χ1v) is 7.58. The molecule has 1 atom stereocenters. The Balaban J connectivity index is 2.02. The lowest BCUT2D eigenvalue weighted by Gasteiger charge is -2.23. The van der Waals surface area contributed by atoms with Gasteiger partial charge in [0.1, 0.15) is 0 Å². The zero-order valence-electron chi connectivity index (χ0n) is 13.1. The lowest BCUT2D eigenvalue weighted by Crippen LogP contribution is -2.41. The zero-order chi connectivity index (χ0) is 16.1. The average molecular weight is 305 g/mol. The lowest BCUT2D eigenvalue weighted by molar-refractivity contribution is -0.138. The van der Waals surface area contributed by atoms with Crippen LogP contribution in [0.4, 0.5) is 0 Å². The number of nitrogens with zero attached hydrogens (tertiary/aromatic N) is 3. The molecule has 1 fully saturated rings. The number of hydrogen-bond acceptors (Lipinski definition) is 4. The molecule has 2 amide bonds. The summed E-state index contributed by atoms with van der Waals surface area (Å²) >= 11 is 0. The molecule has 1 aromatic rings. The summed E-state index contributed by atoms with van der Waals surface area (Å²) in [5.74, 6) is 0.0774. The van der Waals surface area contributed by atoms with Crippen LogP contribution in [0.3, 0.4) is 0 Å². The van der Waals surface area contributed by atoms with Crippen LogP contribution in [0, 0.1) is 5.92 Å². The summed E-state index contributed by atoms with van der Waals surface area (Å²) in [6, 6.07) is 3.55. The number of β-amino-alcohol motifs (C(OH)–C–C–N with tert-alkyl or cyclic N) is 1. The number of carbonyl (C=O) groups excluding carboxylic acids is 2. The van der Waals surface area contributed by atoms with Crippen molar-refractivity contribution in [2.24, 2.45) is 5.92 Å². The summed E-state index contributed by atoms with van der Waals surface area (Å²) in [6.07, 6.45) is 2.78. The Morgan fingerprint density at radius 2 is 2.05 bits per heavy atom. The quantitative estimate of drug-likeness (QED) is 0.869. The second-order valence-electron chi connectivity index (χ2n) is 6.15. The van der Waals surface area contributed by atoms with Crippen LogP contribution in [0.5, 0.6) is 0 Å². The molecule has 0 bridgehead atoms. The summed E-state index contributed by atoms with van der Waals surface area (Å²) in [6.45, 7) is 5.17. The molecule has 0 spiro atoms. The average Bonchev–Trinajstić information content (AvgIpc) is 2.59. The van der Waals surface area contributed by atoms with Crippen molar-refractivity contribution in [1.29, 1.82) is 0 Å². The van der Waals surface area contributed by atoms with Crippen LogP contribution in [0.2, 0.25) is 0 Å². The van der Waals surface area contributed by atoms with Crippen LogP contribution < -0.4 is 0 Å². The summed E-state index contributed by atoms with van der Waals surface area (Å²) in [5, 5.41) is 10.1. The second-order valence-corrected chi connectivity index (χ2v) is 6.15. The highest BCUT2D eigenvalue weighted by atomic mass is 16.3. The number of aromatic nitrogens is 1. The van der Waals surface area contributed by atoms with E-state index in [0.29, 0.717) is 12.5 Å². The van der Waals surface area contributed by atoms with Crippen molar-refractivity contribution < 1.29 is 14.7 Å². The molecule has 0 saturated carbocycles. The molecule has 0 radical (unpaired) electrons. The van der Waals surface area contributed by atoms with Crippen LogP contribution in [0.25, 0.3) is 0 Å². The van der Waals surface area contributed by atoms with E-state index in [1.54, 1.807) is 29.4 Å². The molecule has 6 nitrogen and oxygen atoms in total. The minimum atomic E-state index is -0.702. The minimum Gasteiger partial charge on any atom is -0.389 e. The smallest absolute Gasteiger partial charge is 0.242 e. The highest BCUT2D eigenvalue weighted by Gasteiger charge is 2.29. The van der Waals surface area contributed by atoms with Crippen LogP contribution in [-0.2, 0) is 16.0 Å². The molecule has 1 saturated heterocycles. The van der Waals surface area contributed by atoms with E-state index in [-0.39, 0.29) is 37.9 Å². The number of carbonyl (C=O) groups is 2. The van der Waals surface area contributed by atoms with Gasteiger partial charge >= 0.3 is 0 Å². The first kappa shape index (κ1) is 16.4. The minimum absolute atomic E-state index is 0.0354. The van der Waals surface area contributed by atoms with E-state index in [4.69, 9.17) is 0 Å². The van der Waals surface area contributed by atoms with Crippen LogP contribution in [-0.4, -0.2) is 64.0 Å². The number of rotatable bonds is 4. The van der Waals surface area contributed by atoms with Crippen molar-refractivity contribution in [2.75, 3.05) is 26.2 Å². The topological polar surface area (TPSA) is 73.7 Å². The largest absolute Gasteiger partial charge is 0.389 e. The highest BCUT2D eigenvalue weighted by Crippen LogP contribution is 2.10. The van der Waals surface area contributed by atoms with Gasteiger partial charge in [-0.2, -0.15) is 0 Å². The van der Waals surface area contributed by atoms with E-state index in [2.05, 4.69) is 4.98 Å². The fourth-order valence-corrected chi connectivity index (χ4v) is 2.59. The maximum Gasteiger partial charge on any atom is 0.242 e. The summed E-state index contributed by atoms with van der Waals surface area (Å²) < 4.78 is 0. The second kappa shape index (κ2) is 7.35. The number of pyridine rings is 1. The third-order valence-corrected chi connectivity index (χ3v) is 3.58. The Bertz CT molecular complexity index is 519. The molecule has 2 rings (SSSR count). The van der Waals surface area contributed by atoms with Crippen molar-refractivity contribution in [3.05, 3.63) is 30.1 Å². The van der Waals surface area contributed by atoms with E-state index in [0.717, 1.165) is 5.56 Å². The van der Waals surface area contributed by atoms with Crippen LogP contribution in [0.1, 0.15) is 19.4 Å². The summed E-state index contributed by atoms with van der Waals surface area (Å²) in [4.78, 5) is 31.7. The SMILES string of the molecule is CC(C)CN1CC(O)CN(C(=O)Cc2ccncc2)CC1=O. The van der Waals surface area contributed by atoms with Gasteiger partial charge in [0.2, 0.25) is 11.8 Å². The number of aliphatic hydroxyl groups excluding tert-OH is 1. The van der Waals surface area contributed by atoms with Crippen molar-refractivity contribution in [2.45, 2.75) is 26.4 Å². The lowest BCUT2D eigenvalue weighted by atomic mass is 10.2. The first-order valence-electron chi connectivity index (χ1n) is 7.58. The maximum atomic E-state index is 12.4. The van der Waals surface area contributed by atoms with Crippen molar-refractivity contribution >= 4 is 11.8 Å². The normalized spacial score (nSPS) is 19.5. The fourth-order valence-electron chi connectivity index (χ4n) is 2.59. The highest BCUT2D eigenvalue weighted by molar-refractivity contribution is 5.86. The van der Waals surface area contributed by atoms with Gasteiger partial charge in [0, 0.05) is 32.0 Å². The Morgan fingerprint density at radius 3 is 2.68 bits per heavy atom. The molecular weight excluding hydrogens is 282 g/mol. The van der Waals surface area contributed by atoms with Crippen molar-refractivity contribution in [1.82, 2.24) is 14.8 Å². The van der Waals surface area contributed by atoms with Crippen molar-refractivity contribution in [3.8, 4) is 0 Å². The van der Waals surface area contributed by atoms with Gasteiger partial charge in [0.15, 0.2) is 0 Å².